The summed E-state index contributed by atoms with van der Waals surface area (Å²) in [6, 6.07) is 14.4. The number of carbonyl (C=O) groups excluding carboxylic acids is 2. The Morgan fingerprint density at radius 1 is 1.24 bits per heavy atom. The monoisotopic (exact) mass is 480 g/mol. The zero-order valence-corrected chi connectivity index (χ0v) is 18.9. The Morgan fingerprint density at radius 2 is 2.03 bits per heavy atom. The second-order valence-corrected chi connectivity index (χ2v) is 8.70. The van der Waals surface area contributed by atoms with E-state index in [4.69, 9.17) is 20.8 Å². The van der Waals surface area contributed by atoms with Crippen molar-refractivity contribution in [3.05, 3.63) is 88.5 Å². The van der Waals surface area contributed by atoms with Gasteiger partial charge in [0, 0.05) is 5.02 Å². The summed E-state index contributed by atoms with van der Waals surface area (Å²) in [7, 11) is 0. The number of rotatable bonds is 6. The Kier molecular flexibility index (Phi) is 5.39. The SMILES string of the molecule is CCOc1ccc2nc(N3C(=O)C(O)=C(C(=O)c4ccco4)[C@@H]3c3ccc(Cl)cc3)sc2c1. The highest BCUT2D eigenvalue weighted by Crippen LogP contribution is 2.44. The molecule has 1 amide bonds. The number of amides is 1. The number of aliphatic hydroxyl groups excluding tert-OH is 1. The van der Waals surface area contributed by atoms with E-state index in [1.54, 1.807) is 42.5 Å². The molecule has 166 valence electrons. The van der Waals surface area contributed by atoms with Crippen LogP contribution in [0.25, 0.3) is 10.2 Å². The molecule has 9 heteroatoms. The topological polar surface area (TPSA) is 92.9 Å². The van der Waals surface area contributed by atoms with Gasteiger partial charge in [0.05, 0.1) is 34.7 Å². The molecule has 33 heavy (non-hydrogen) atoms. The number of Topliss-reactive ketones (excluding diaryl/α,β-unsaturated/α-hetero) is 1. The molecule has 0 unspecified atom stereocenters. The van der Waals surface area contributed by atoms with Gasteiger partial charge in [-0.2, -0.15) is 0 Å². The fourth-order valence-corrected chi connectivity index (χ4v) is 4.93. The van der Waals surface area contributed by atoms with Crippen LogP contribution in [0.2, 0.25) is 5.02 Å². The molecule has 2 aromatic heterocycles. The summed E-state index contributed by atoms with van der Waals surface area (Å²) in [4.78, 5) is 32.4. The molecule has 1 aliphatic rings. The summed E-state index contributed by atoms with van der Waals surface area (Å²) in [5.41, 5.74) is 1.19. The van der Waals surface area contributed by atoms with Crippen LogP contribution in [0, 0.1) is 0 Å². The minimum absolute atomic E-state index is 0.0239. The van der Waals surface area contributed by atoms with E-state index >= 15 is 0 Å². The number of halogens is 1. The Hall–Kier alpha value is -3.62. The smallest absolute Gasteiger partial charge is 0.296 e. The number of aromatic nitrogens is 1. The molecule has 0 saturated heterocycles. The van der Waals surface area contributed by atoms with Crippen molar-refractivity contribution in [2.45, 2.75) is 13.0 Å². The summed E-state index contributed by atoms with van der Waals surface area (Å²) in [6.45, 7) is 2.42. The quantitative estimate of drug-likeness (QED) is 0.354. The van der Waals surface area contributed by atoms with Gasteiger partial charge in [-0.1, -0.05) is 35.1 Å². The van der Waals surface area contributed by atoms with E-state index in [0.717, 1.165) is 4.70 Å². The third-order valence-electron chi connectivity index (χ3n) is 5.25. The van der Waals surface area contributed by atoms with Gasteiger partial charge in [0.15, 0.2) is 16.7 Å². The highest BCUT2D eigenvalue weighted by Gasteiger charge is 2.46. The maximum atomic E-state index is 13.2. The van der Waals surface area contributed by atoms with Crippen molar-refractivity contribution in [2.24, 2.45) is 0 Å². The lowest BCUT2D eigenvalue weighted by Crippen LogP contribution is -2.30. The van der Waals surface area contributed by atoms with Crippen molar-refractivity contribution in [2.75, 3.05) is 11.5 Å². The summed E-state index contributed by atoms with van der Waals surface area (Å²) < 4.78 is 11.6. The number of benzene rings is 2. The second kappa shape index (κ2) is 8.38. The lowest BCUT2D eigenvalue weighted by molar-refractivity contribution is -0.117. The first-order chi connectivity index (χ1) is 16.0. The number of thiazole rings is 1. The number of furan rings is 1. The predicted molar refractivity (Wildman–Crippen MR) is 125 cm³/mol. The number of fused-ring (bicyclic) bond motifs is 1. The van der Waals surface area contributed by atoms with Crippen molar-refractivity contribution in [3.63, 3.8) is 0 Å². The highest BCUT2D eigenvalue weighted by molar-refractivity contribution is 7.22. The van der Waals surface area contributed by atoms with Crippen LogP contribution in [0.1, 0.15) is 29.1 Å². The number of hydrogen-bond acceptors (Lipinski definition) is 7. The number of nitrogens with zero attached hydrogens (tertiary/aromatic N) is 2. The van der Waals surface area contributed by atoms with Crippen LogP contribution in [-0.2, 0) is 4.79 Å². The standard InChI is InChI=1S/C24H17ClN2O5S/c1-2-31-15-9-10-16-18(12-15)33-24(26-16)27-20(13-5-7-14(25)8-6-13)19(22(29)23(27)30)21(28)17-4-3-11-32-17/h3-12,20,29H,2H2,1H3/t20-/m0/s1. The first kappa shape index (κ1) is 21.2. The molecule has 2 aromatic carbocycles. The fraction of sp³-hybridized carbons (Fsp3) is 0.125. The molecule has 0 saturated carbocycles. The van der Waals surface area contributed by atoms with Crippen LogP contribution in [-0.4, -0.2) is 28.4 Å². The minimum Gasteiger partial charge on any atom is -0.503 e. The van der Waals surface area contributed by atoms with Crippen molar-refractivity contribution >= 4 is 50.0 Å². The zero-order valence-electron chi connectivity index (χ0n) is 17.3. The number of aliphatic hydroxyl groups is 1. The molecule has 0 aliphatic carbocycles. The molecule has 1 atom stereocenters. The summed E-state index contributed by atoms with van der Waals surface area (Å²) in [5.74, 6) is -1.21. The molecule has 7 nitrogen and oxygen atoms in total. The molecule has 1 N–H and O–H groups in total. The van der Waals surface area contributed by atoms with Crippen molar-refractivity contribution < 1.29 is 23.8 Å². The van der Waals surface area contributed by atoms with Crippen LogP contribution in [0.4, 0.5) is 5.13 Å². The van der Waals surface area contributed by atoms with Gasteiger partial charge in [0.1, 0.15) is 5.75 Å². The molecule has 0 spiro atoms. The first-order valence-corrected chi connectivity index (χ1v) is 11.3. The molecule has 0 fully saturated rings. The Balaban J connectivity index is 1.64. The highest BCUT2D eigenvalue weighted by atomic mass is 35.5. The van der Waals surface area contributed by atoms with E-state index < -0.39 is 23.5 Å². The number of carbonyl (C=O) groups is 2. The predicted octanol–water partition coefficient (Wildman–Crippen LogP) is 5.72. The Labute approximate surface area is 197 Å². The van der Waals surface area contributed by atoms with Gasteiger partial charge in [0.25, 0.3) is 5.91 Å². The third-order valence-corrected chi connectivity index (χ3v) is 6.52. The number of ether oxygens (including phenoxy) is 1. The second-order valence-electron chi connectivity index (χ2n) is 7.26. The first-order valence-electron chi connectivity index (χ1n) is 10.1. The number of ketones is 1. The molecule has 5 rings (SSSR count). The molecule has 4 aromatic rings. The average molecular weight is 481 g/mol. The Morgan fingerprint density at radius 3 is 2.73 bits per heavy atom. The van der Waals surface area contributed by atoms with Gasteiger partial charge in [-0.3, -0.25) is 14.5 Å². The molecular weight excluding hydrogens is 464 g/mol. The summed E-state index contributed by atoms with van der Waals surface area (Å²) >= 11 is 7.33. The van der Waals surface area contributed by atoms with E-state index in [9.17, 15) is 14.7 Å². The van der Waals surface area contributed by atoms with E-state index in [1.165, 1.54) is 28.6 Å². The number of anilines is 1. The summed E-state index contributed by atoms with van der Waals surface area (Å²) in [5, 5.41) is 11.6. The molecular formula is C24H17ClN2O5S. The van der Waals surface area contributed by atoms with Gasteiger partial charge in [-0.05, 0) is 55.0 Å². The summed E-state index contributed by atoms with van der Waals surface area (Å²) in [6.07, 6.45) is 1.36. The normalized spacial score (nSPS) is 16.1. The lowest BCUT2D eigenvalue weighted by Gasteiger charge is -2.24. The van der Waals surface area contributed by atoms with Crippen molar-refractivity contribution in [3.8, 4) is 5.75 Å². The van der Waals surface area contributed by atoms with Gasteiger partial charge in [0.2, 0.25) is 5.78 Å². The van der Waals surface area contributed by atoms with Crippen molar-refractivity contribution in [1.29, 1.82) is 0 Å². The molecule has 1 aliphatic heterocycles. The van der Waals surface area contributed by atoms with Gasteiger partial charge >= 0.3 is 0 Å². The zero-order chi connectivity index (χ0) is 23.1. The van der Waals surface area contributed by atoms with Crippen LogP contribution in [0.3, 0.4) is 0 Å². The maximum absolute atomic E-state index is 13.2. The molecule has 0 radical (unpaired) electrons. The largest absolute Gasteiger partial charge is 0.503 e. The van der Waals surface area contributed by atoms with Crippen LogP contribution < -0.4 is 9.64 Å². The van der Waals surface area contributed by atoms with Crippen LogP contribution in [0.5, 0.6) is 5.75 Å². The maximum Gasteiger partial charge on any atom is 0.296 e. The van der Waals surface area contributed by atoms with Crippen LogP contribution >= 0.6 is 22.9 Å². The fourth-order valence-electron chi connectivity index (χ4n) is 3.79. The Bertz CT molecular complexity index is 1390. The van der Waals surface area contributed by atoms with Crippen molar-refractivity contribution in [1.82, 2.24) is 4.98 Å². The average Bonchev–Trinajstić information content (AvgIpc) is 3.53. The minimum atomic E-state index is -0.903. The molecule has 0 bridgehead atoms. The van der Waals surface area contributed by atoms with E-state index in [2.05, 4.69) is 4.98 Å². The van der Waals surface area contributed by atoms with Gasteiger partial charge in [-0.15, -0.1) is 0 Å². The van der Waals surface area contributed by atoms with Gasteiger partial charge < -0.3 is 14.3 Å². The number of hydrogen-bond donors (Lipinski definition) is 1. The van der Waals surface area contributed by atoms with E-state index in [-0.39, 0.29) is 11.3 Å². The van der Waals surface area contributed by atoms with Crippen LogP contribution in [0.15, 0.2) is 76.6 Å². The van der Waals surface area contributed by atoms with E-state index in [0.29, 0.717) is 33.6 Å². The third kappa shape index (κ3) is 3.67. The van der Waals surface area contributed by atoms with E-state index in [1.807, 2.05) is 13.0 Å². The van der Waals surface area contributed by atoms with Gasteiger partial charge in [-0.25, -0.2) is 4.98 Å². The lowest BCUT2D eigenvalue weighted by atomic mass is 9.95. The molecule has 3 heterocycles.